The van der Waals surface area contributed by atoms with Crippen LogP contribution in [-0.2, 0) is 6.54 Å². The normalized spacial score (nSPS) is 16.5. The van der Waals surface area contributed by atoms with Crippen LogP contribution in [0.4, 0.5) is 0 Å². The molecule has 1 heterocycles. The minimum absolute atomic E-state index is 0.801. The van der Waals surface area contributed by atoms with E-state index in [1.807, 2.05) is 6.92 Å². The molecule has 0 bridgehead atoms. The summed E-state index contributed by atoms with van der Waals surface area (Å²) < 4.78 is 0. The molecular weight excluding hydrogens is 162 g/mol. The Labute approximate surface area is 78.8 Å². The van der Waals surface area contributed by atoms with Crippen molar-refractivity contribution in [2.45, 2.75) is 32.4 Å². The summed E-state index contributed by atoms with van der Waals surface area (Å²) in [6.45, 7) is 2.95. The number of aromatic nitrogens is 2. The van der Waals surface area contributed by atoms with E-state index in [0.717, 1.165) is 24.0 Å². The van der Waals surface area contributed by atoms with Gasteiger partial charge in [-0.3, -0.25) is 4.90 Å². The molecule has 70 valence electrons. The van der Waals surface area contributed by atoms with Crippen molar-refractivity contribution in [1.29, 1.82) is 0 Å². The molecule has 0 unspecified atom stereocenters. The van der Waals surface area contributed by atoms with Crippen LogP contribution >= 0.6 is 0 Å². The zero-order chi connectivity index (χ0) is 9.26. The Morgan fingerprint density at radius 3 is 2.85 bits per heavy atom. The Morgan fingerprint density at radius 2 is 2.23 bits per heavy atom. The van der Waals surface area contributed by atoms with E-state index in [9.17, 15) is 0 Å². The predicted octanol–water partition coefficient (Wildman–Crippen LogP) is 1.38. The molecule has 0 aliphatic heterocycles. The van der Waals surface area contributed by atoms with Crippen LogP contribution in [0.25, 0.3) is 0 Å². The Morgan fingerprint density at radius 1 is 1.46 bits per heavy atom. The minimum atomic E-state index is 0.801. The number of hydrogen-bond acceptors (Lipinski definition) is 3. The van der Waals surface area contributed by atoms with Crippen molar-refractivity contribution in [3.63, 3.8) is 0 Å². The highest BCUT2D eigenvalue weighted by atomic mass is 15.2. The third-order valence-corrected chi connectivity index (χ3v) is 2.44. The molecule has 2 rings (SSSR count). The van der Waals surface area contributed by atoms with Gasteiger partial charge in [-0.05, 0) is 32.9 Å². The van der Waals surface area contributed by atoms with E-state index < -0.39 is 0 Å². The van der Waals surface area contributed by atoms with Crippen LogP contribution in [0.2, 0.25) is 0 Å². The fourth-order valence-electron chi connectivity index (χ4n) is 1.50. The first-order valence-electron chi connectivity index (χ1n) is 4.73. The quantitative estimate of drug-likeness (QED) is 0.698. The van der Waals surface area contributed by atoms with Gasteiger partial charge < -0.3 is 0 Å². The molecule has 3 heteroatoms. The number of hydrogen-bond donors (Lipinski definition) is 0. The second kappa shape index (κ2) is 3.42. The molecule has 0 spiro atoms. The molecule has 1 aromatic rings. The second-order valence-corrected chi connectivity index (χ2v) is 3.80. The Bertz CT molecular complexity index is 294. The maximum atomic E-state index is 4.24. The standard InChI is InChI=1S/C10H15N3/c1-8-5-9(12-7-11-8)6-13(2)10-3-4-10/h5,7,10H,3-4,6H2,1-2H3. The zero-order valence-electron chi connectivity index (χ0n) is 8.20. The van der Waals surface area contributed by atoms with Crippen molar-refractivity contribution in [3.8, 4) is 0 Å². The second-order valence-electron chi connectivity index (χ2n) is 3.80. The van der Waals surface area contributed by atoms with E-state index in [1.54, 1.807) is 6.33 Å². The van der Waals surface area contributed by atoms with Crippen LogP contribution in [0.5, 0.6) is 0 Å². The third-order valence-electron chi connectivity index (χ3n) is 2.44. The molecule has 1 aromatic heterocycles. The van der Waals surface area contributed by atoms with Gasteiger partial charge in [-0.2, -0.15) is 0 Å². The molecule has 0 aromatic carbocycles. The van der Waals surface area contributed by atoms with Crippen LogP contribution in [0.1, 0.15) is 24.2 Å². The van der Waals surface area contributed by atoms with E-state index in [2.05, 4.69) is 28.0 Å². The van der Waals surface area contributed by atoms with Crippen molar-refractivity contribution in [2.75, 3.05) is 7.05 Å². The van der Waals surface area contributed by atoms with Crippen LogP contribution in [0.15, 0.2) is 12.4 Å². The van der Waals surface area contributed by atoms with Gasteiger partial charge in [0.15, 0.2) is 0 Å². The maximum Gasteiger partial charge on any atom is 0.115 e. The topological polar surface area (TPSA) is 29.0 Å². The number of nitrogens with zero attached hydrogens (tertiary/aromatic N) is 3. The zero-order valence-corrected chi connectivity index (χ0v) is 8.20. The Kier molecular flexibility index (Phi) is 2.27. The van der Waals surface area contributed by atoms with Gasteiger partial charge in [0, 0.05) is 18.3 Å². The van der Waals surface area contributed by atoms with Crippen molar-refractivity contribution >= 4 is 0 Å². The predicted molar refractivity (Wildman–Crippen MR) is 51.3 cm³/mol. The van der Waals surface area contributed by atoms with Crippen molar-refractivity contribution in [1.82, 2.24) is 14.9 Å². The first-order chi connectivity index (χ1) is 6.25. The summed E-state index contributed by atoms with van der Waals surface area (Å²) in [4.78, 5) is 10.7. The number of aryl methyl sites for hydroxylation is 1. The summed E-state index contributed by atoms with van der Waals surface area (Å²) in [6, 6.07) is 2.86. The molecule has 1 aliphatic carbocycles. The van der Waals surface area contributed by atoms with Gasteiger partial charge in [0.2, 0.25) is 0 Å². The highest BCUT2D eigenvalue weighted by Crippen LogP contribution is 2.26. The van der Waals surface area contributed by atoms with Crippen LogP contribution in [0.3, 0.4) is 0 Å². The van der Waals surface area contributed by atoms with Gasteiger partial charge in [-0.1, -0.05) is 0 Å². The monoisotopic (exact) mass is 177 g/mol. The van der Waals surface area contributed by atoms with E-state index in [-0.39, 0.29) is 0 Å². The molecule has 0 radical (unpaired) electrons. The average Bonchev–Trinajstić information content (AvgIpc) is 2.85. The van der Waals surface area contributed by atoms with E-state index >= 15 is 0 Å². The van der Waals surface area contributed by atoms with Crippen molar-refractivity contribution in [3.05, 3.63) is 23.8 Å². The van der Waals surface area contributed by atoms with Gasteiger partial charge >= 0.3 is 0 Å². The molecule has 0 amide bonds. The van der Waals surface area contributed by atoms with Gasteiger partial charge in [-0.25, -0.2) is 9.97 Å². The molecule has 13 heavy (non-hydrogen) atoms. The lowest BCUT2D eigenvalue weighted by Crippen LogP contribution is -2.20. The van der Waals surface area contributed by atoms with Gasteiger partial charge in [0.1, 0.15) is 6.33 Å². The molecule has 3 nitrogen and oxygen atoms in total. The van der Waals surface area contributed by atoms with Gasteiger partial charge in [-0.15, -0.1) is 0 Å². The van der Waals surface area contributed by atoms with Crippen LogP contribution in [-0.4, -0.2) is 28.0 Å². The fraction of sp³-hybridized carbons (Fsp3) is 0.600. The first-order valence-corrected chi connectivity index (χ1v) is 4.73. The third kappa shape index (κ3) is 2.25. The van der Waals surface area contributed by atoms with Crippen molar-refractivity contribution in [2.24, 2.45) is 0 Å². The van der Waals surface area contributed by atoms with Gasteiger partial charge in [0.25, 0.3) is 0 Å². The Balaban J connectivity index is 2.00. The SMILES string of the molecule is Cc1cc(CN(C)C2CC2)ncn1. The lowest BCUT2D eigenvalue weighted by molar-refractivity contribution is 0.312. The molecule has 0 atom stereocenters. The summed E-state index contributed by atoms with van der Waals surface area (Å²) >= 11 is 0. The smallest absolute Gasteiger partial charge is 0.115 e. The molecule has 1 fully saturated rings. The molecule has 0 saturated heterocycles. The minimum Gasteiger partial charge on any atom is -0.298 e. The van der Waals surface area contributed by atoms with E-state index in [0.29, 0.717) is 0 Å². The summed E-state index contributed by atoms with van der Waals surface area (Å²) in [7, 11) is 2.16. The average molecular weight is 177 g/mol. The largest absolute Gasteiger partial charge is 0.298 e. The van der Waals surface area contributed by atoms with E-state index in [1.165, 1.54) is 12.8 Å². The van der Waals surface area contributed by atoms with Crippen LogP contribution in [0, 0.1) is 6.92 Å². The van der Waals surface area contributed by atoms with Crippen LogP contribution < -0.4 is 0 Å². The summed E-state index contributed by atoms with van der Waals surface area (Å²) in [5, 5.41) is 0. The fourth-order valence-corrected chi connectivity index (χ4v) is 1.50. The first kappa shape index (κ1) is 8.63. The molecule has 1 saturated carbocycles. The highest BCUT2D eigenvalue weighted by molar-refractivity contribution is 5.06. The molecule has 0 N–H and O–H groups in total. The lowest BCUT2D eigenvalue weighted by Gasteiger charge is -2.14. The lowest BCUT2D eigenvalue weighted by atomic mass is 10.3. The maximum absolute atomic E-state index is 4.24. The Hall–Kier alpha value is -0.960. The molecule has 1 aliphatic rings. The highest BCUT2D eigenvalue weighted by Gasteiger charge is 2.25. The van der Waals surface area contributed by atoms with Gasteiger partial charge in [0.05, 0.1) is 5.69 Å². The summed E-state index contributed by atoms with van der Waals surface area (Å²) in [5.74, 6) is 0. The number of rotatable bonds is 3. The molecular formula is C10H15N3. The van der Waals surface area contributed by atoms with Crippen molar-refractivity contribution < 1.29 is 0 Å². The van der Waals surface area contributed by atoms with E-state index in [4.69, 9.17) is 0 Å². The summed E-state index contributed by atoms with van der Waals surface area (Å²) in [6.07, 6.45) is 4.34. The summed E-state index contributed by atoms with van der Waals surface area (Å²) in [5.41, 5.74) is 2.18.